The fourth-order valence-electron chi connectivity index (χ4n) is 3.59. The fraction of sp³-hybridized carbons (Fsp3) is 0.739. The van der Waals surface area contributed by atoms with Gasteiger partial charge in [-0.3, -0.25) is 9.59 Å². The summed E-state index contributed by atoms with van der Waals surface area (Å²) in [5, 5.41) is 38.0. The summed E-state index contributed by atoms with van der Waals surface area (Å²) < 4.78 is 4.89. The number of aliphatic hydroxyl groups is 4. The summed E-state index contributed by atoms with van der Waals surface area (Å²) in [5.41, 5.74) is 0. The van der Waals surface area contributed by atoms with Crippen LogP contribution in [0.5, 0.6) is 0 Å². The second-order valence-corrected chi connectivity index (χ2v) is 7.95. The Morgan fingerprint density at radius 2 is 1.93 bits per heavy atom. The fourth-order valence-corrected chi connectivity index (χ4v) is 3.59. The molecule has 0 spiro atoms. The minimum atomic E-state index is -0.871. The molecular weight excluding hydrogens is 388 g/mol. The van der Waals surface area contributed by atoms with E-state index in [0.29, 0.717) is 25.7 Å². The molecule has 1 rings (SSSR count). The third kappa shape index (κ3) is 9.98. The molecule has 4 N–H and O–H groups in total. The number of aliphatic hydroxyl groups excluding tert-OH is 4. The van der Waals surface area contributed by atoms with Gasteiger partial charge in [-0.15, -0.1) is 0 Å². The van der Waals surface area contributed by atoms with Crippen molar-refractivity contribution in [2.24, 2.45) is 11.8 Å². The van der Waals surface area contributed by atoms with Crippen molar-refractivity contribution in [1.82, 2.24) is 0 Å². The second kappa shape index (κ2) is 15.3. The number of carbonyl (C=O) groups is 2. The van der Waals surface area contributed by atoms with E-state index in [0.717, 1.165) is 19.3 Å². The van der Waals surface area contributed by atoms with Crippen molar-refractivity contribution in [3.8, 4) is 0 Å². The zero-order valence-corrected chi connectivity index (χ0v) is 18.0. The summed E-state index contributed by atoms with van der Waals surface area (Å²) in [6.45, 7) is 1.29. The Kier molecular flexibility index (Phi) is 13.5. The monoisotopic (exact) mass is 426 g/mol. The molecule has 0 amide bonds. The summed E-state index contributed by atoms with van der Waals surface area (Å²) in [6, 6.07) is 0. The van der Waals surface area contributed by atoms with Gasteiger partial charge >= 0.3 is 5.97 Å². The normalized spacial score (nSPS) is 23.1. The number of allylic oxidation sites excluding steroid dienone is 3. The van der Waals surface area contributed by atoms with Gasteiger partial charge in [-0.2, -0.15) is 0 Å². The molecule has 0 aromatic heterocycles. The third-order valence-electron chi connectivity index (χ3n) is 5.41. The lowest BCUT2D eigenvalue weighted by atomic mass is 9.90. The molecule has 172 valence electrons. The van der Waals surface area contributed by atoms with Crippen LogP contribution in [0.1, 0.15) is 64.7 Å². The number of Topliss-reactive ketones (excluding diaryl/α,β-unsaturated/α-hetero) is 1. The minimum Gasteiger partial charge on any atom is -0.457 e. The minimum absolute atomic E-state index is 0.00275. The topological polar surface area (TPSA) is 124 Å². The van der Waals surface area contributed by atoms with Gasteiger partial charge in [0.25, 0.3) is 0 Å². The first-order valence-corrected chi connectivity index (χ1v) is 11.1. The van der Waals surface area contributed by atoms with Gasteiger partial charge in [0.2, 0.25) is 0 Å². The van der Waals surface area contributed by atoms with E-state index in [1.54, 1.807) is 12.2 Å². The number of hydrogen-bond donors (Lipinski definition) is 4. The average Bonchev–Trinajstić information content (AvgIpc) is 2.99. The highest BCUT2D eigenvalue weighted by Crippen LogP contribution is 2.33. The Morgan fingerprint density at radius 3 is 2.60 bits per heavy atom. The maximum absolute atomic E-state index is 12.2. The number of hydrogen-bond acceptors (Lipinski definition) is 7. The second-order valence-electron chi connectivity index (χ2n) is 7.95. The number of ketones is 1. The number of ether oxygens (including phenoxy) is 1. The molecule has 30 heavy (non-hydrogen) atoms. The lowest BCUT2D eigenvalue weighted by molar-refractivity contribution is -0.153. The van der Waals surface area contributed by atoms with Crippen molar-refractivity contribution in [1.29, 1.82) is 0 Å². The smallest absolute Gasteiger partial charge is 0.306 e. The largest absolute Gasteiger partial charge is 0.457 e. The van der Waals surface area contributed by atoms with Crippen molar-refractivity contribution in [3.63, 3.8) is 0 Å². The first kappa shape index (κ1) is 26.5. The third-order valence-corrected chi connectivity index (χ3v) is 5.41. The molecule has 1 fully saturated rings. The summed E-state index contributed by atoms with van der Waals surface area (Å²) in [4.78, 5) is 23.8. The van der Waals surface area contributed by atoms with Crippen LogP contribution in [0, 0.1) is 11.8 Å². The Morgan fingerprint density at radius 1 is 1.20 bits per heavy atom. The lowest BCUT2D eigenvalue weighted by Crippen LogP contribution is -2.25. The molecule has 0 saturated heterocycles. The number of esters is 1. The molecule has 0 aromatic carbocycles. The molecule has 0 heterocycles. The molecule has 1 aliphatic carbocycles. The van der Waals surface area contributed by atoms with Gasteiger partial charge in [0.05, 0.1) is 25.4 Å². The van der Waals surface area contributed by atoms with E-state index in [-0.39, 0.29) is 30.5 Å². The molecule has 7 nitrogen and oxygen atoms in total. The zero-order chi connectivity index (χ0) is 22.4. The molecule has 0 unspecified atom stereocenters. The van der Waals surface area contributed by atoms with E-state index >= 15 is 0 Å². The maximum Gasteiger partial charge on any atom is 0.306 e. The highest BCUT2D eigenvalue weighted by atomic mass is 16.6. The Bertz CT molecular complexity index is 554. The van der Waals surface area contributed by atoms with Crippen molar-refractivity contribution in [2.75, 3.05) is 13.2 Å². The van der Waals surface area contributed by atoms with E-state index in [9.17, 15) is 19.8 Å². The van der Waals surface area contributed by atoms with Gasteiger partial charge in [0.15, 0.2) is 0 Å². The van der Waals surface area contributed by atoms with Crippen molar-refractivity contribution >= 4 is 11.8 Å². The van der Waals surface area contributed by atoms with Crippen molar-refractivity contribution < 1.29 is 34.8 Å². The first-order chi connectivity index (χ1) is 14.4. The molecule has 4 atom stereocenters. The van der Waals surface area contributed by atoms with Gasteiger partial charge in [-0.05, 0) is 25.7 Å². The van der Waals surface area contributed by atoms with Crippen LogP contribution in [0.15, 0.2) is 24.3 Å². The number of rotatable bonds is 15. The van der Waals surface area contributed by atoms with E-state index in [2.05, 4.69) is 6.92 Å². The van der Waals surface area contributed by atoms with Crippen LogP contribution in [-0.4, -0.2) is 63.7 Å². The van der Waals surface area contributed by atoms with Gasteiger partial charge < -0.3 is 25.2 Å². The van der Waals surface area contributed by atoms with Crippen LogP contribution in [0.4, 0.5) is 0 Å². The summed E-state index contributed by atoms with van der Waals surface area (Å²) in [7, 11) is 0. The molecule has 0 bridgehead atoms. The van der Waals surface area contributed by atoms with Crippen LogP contribution in [0.25, 0.3) is 0 Å². The Balaban J connectivity index is 2.40. The Hall–Kier alpha value is -1.54. The van der Waals surface area contributed by atoms with Crippen LogP contribution < -0.4 is 0 Å². The first-order valence-electron chi connectivity index (χ1n) is 11.1. The van der Waals surface area contributed by atoms with Gasteiger partial charge in [-0.25, -0.2) is 0 Å². The predicted octanol–water partition coefficient (Wildman–Crippen LogP) is 2.06. The van der Waals surface area contributed by atoms with Crippen LogP contribution >= 0.6 is 0 Å². The summed E-state index contributed by atoms with van der Waals surface area (Å²) in [5.74, 6) is -1.04. The Labute approximate surface area is 179 Å². The molecule has 0 radical (unpaired) electrons. The van der Waals surface area contributed by atoms with Crippen LogP contribution in [-0.2, 0) is 14.3 Å². The predicted molar refractivity (Wildman–Crippen MR) is 114 cm³/mol. The van der Waals surface area contributed by atoms with Crippen molar-refractivity contribution in [3.05, 3.63) is 24.3 Å². The van der Waals surface area contributed by atoms with E-state index in [4.69, 9.17) is 14.9 Å². The van der Waals surface area contributed by atoms with E-state index in [1.165, 1.54) is 0 Å². The summed E-state index contributed by atoms with van der Waals surface area (Å²) in [6.07, 6.45) is 11.0. The number of carbonyl (C=O) groups excluding carboxylic acids is 2. The molecule has 0 aromatic rings. The molecule has 1 aliphatic rings. The van der Waals surface area contributed by atoms with Crippen molar-refractivity contribution in [2.45, 2.75) is 83.0 Å². The van der Waals surface area contributed by atoms with Gasteiger partial charge in [0, 0.05) is 24.7 Å². The standard InChI is InChI=1S/C23H38O7/c1-2-3-6-9-17(26)12-13-20-19(21(27)14-22(20)28)10-7-4-5-8-11-23(29)30-18(15-24)16-25/h4,7,12-13,17-21,24-27H,2-3,5-6,8-11,14-16H2,1H3/b7-4-,13-12+/t17-,19+,20+,21-/m0/s1. The van der Waals surface area contributed by atoms with Crippen LogP contribution in [0.2, 0.25) is 0 Å². The number of unbranched alkanes of at least 4 members (excludes halogenated alkanes) is 3. The average molecular weight is 427 g/mol. The zero-order valence-electron chi connectivity index (χ0n) is 18.0. The molecule has 7 heteroatoms. The van der Waals surface area contributed by atoms with E-state index < -0.39 is 37.5 Å². The van der Waals surface area contributed by atoms with Crippen LogP contribution in [0.3, 0.4) is 0 Å². The highest BCUT2D eigenvalue weighted by molar-refractivity contribution is 5.86. The SMILES string of the molecule is CCCCC[C@H](O)/C=C/[C@H]1C(=O)C[C@H](O)[C@@H]1C/C=C\CCCC(=O)OC(CO)CO. The molecule has 1 saturated carbocycles. The molecular formula is C23H38O7. The summed E-state index contributed by atoms with van der Waals surface area (Å²) >= 11 is 0. The molecule has 0 aliphatic heterocycles. The van der Waals surface area contributed by atoms with Gasteiger partial charge in [0.1, 0.15) is 11.9 Å². The quantitative estimate of drug-likeness (QED) is 0.179. The lowest BCUT2D eigenvalue weighted by Gasteiger charge is -2.17. The maximum atomic E-state index is 12.2. The van der Waals surface area contributed by atoms with E-state index in [1.807, 2.05) is 12.2 Å². The highest BCUT2D eigenvalue weighted by Gasteiger charge is 2.39. The van der Waals surface area contributed by atoms with Gasteiger partial charge in [-0.1, -0.05) is 50.5 Å².